The molecule has 3 aromatic carbocycles. The molecule has 0 aliphatic carbocycles. The van der Waals surface area contributed by atoms with Gasteiger partial charge in [0.2, 0.25) is 5.91 Å². The lowest BCUT2D eigenvalue weighted by Gasteiger charge is -2.18. The average molecular weight is 476 g/mol. The molecule has 4 aromatic rings. The Morgan fingerprint density at radius 3 is 2.35 bits per heavy atom. The first kappa shape index (κ1) is 23.4. The van der Waals surface area contributed by atoms with Gasteiger partial charge >= 0.3 is 0 Å². The van der Waals surface area contributed by atoms with Gasteiger partial charge in [-0.25, -0.2) is 4.68 Å². The van der Waals surface area contributed by atoms with Crippen molar-refractivity contribution in [1.82, 2.24) is 14.7 Å². The van der Waals surface area contributed by atoms with Crippen LogP contribution in [0.2, 0.25) is 5.02 Å². The topological polar surface area (TPSA) is 56.6 Å². The van der Waals surface area contributed by atoms with Crippen molar-refractivity contribution in [2.45, 2.75) is 13.0 Å². The third-order valence-corrected chi connectivity index (χ3v) is 5.82. The van der Waals surface area contributed by atoms with E-state index in [0.717, 1.165) is 28.1 Å². The summed E-state index contributed by atoms with van der Waals surface area (Å²) in [6, 6.07) is 23.0. The lowest BCUT2D eigenvalue weighted by atomic mass is 10.1. The number of likely N-dealkylation sites (N-methyl/N-ethyl adjacent to an activating group) is 1. The maximum absolute atomic E-state index is 13.0. The summed E-state index contributed by atoms with van der Waals surface area (Å²) in [6.45, 7) is 0.414. The Morgan fingerprint density at radius 1 is 0.971 bits per heavy atom. The van der Waals surface area contributed by atoms with E-state index < -0.39 is 0 Å². The largest absolute Gasteiger partial charge is 0.493 e. The maximum atomic E-state index is 13.0. The number of para-hydroxylation sites is 1. The summed E-state index contributed by atoms with van der Waals surface area (Å²) in [5.41, 5.74) is 4.49. The fourth-order valence-electron chi connectivity index (χ4n) is 3.73. The van der Waals surface area contributed by atoms with Crippen LogP contribution < -0.4 is 9.47 Å². The first-order chi connectivity index (χ1) is 16.5. The number of hydrogen-bond acceptors (Lipinski definition) is 4. The molecule has 0 saturated heterocycles. The van der Waals surface area contributed by atoms with E-state index in [1.165, 1.54) is 0 Å². The fourth-order valence-corrected chi connectivity index (χ4v) is 3.86. The van der Waals surface area contributed by atoms with Gasteiger partial charge in [0.25, 0.3) is 0 Å². The minimum atomic E-state index is -0.0123. The zero-order valence-electron chi connectivity index (χ0n) is 19.4. The minimum Gasteiger partial charge on any atom is -0.493 e. The third-order valence-electron chi connectivity index (χ3n) is 5.56. The molecular weight excluding hydrogens is 450 g/mol. The van der Waals surface area contributed by atoms with Gasteiger partial charge in [0.15, 0.2) is 11.5 Å². The summed E-state index contributed by atoms with van der Waals surface area (Å²) in [4.78, 5) is 14.8. The number of halogens is 1. The Kier molecular flexibility index (Phi) is 7.18. The van der Waals surface area contributed by atoms with Gasteiger partial charge in [-0.15, -0.1) is 0 Å². The zero-order valence-corrected chi connectivity index (χ0v) is 20.1. The SMILES string of the molecule is COc1ccc(CC(=O)N(C)Cc2cn(-c3ccccc3)nc2-c2ccc(Cl)cc2)cc1OC. The molecule has 6 nitrogen and oxygen atoms in total. The monoisotopic (exact) mass is 475 g/mol. The van der Waals surface area contributed by atoms with Gasteiger partial charge in [0.1, 0.15) is 0 Å². The molecule has 0 aliphatic heterocycles. The Balaban J connectivity index is 1.58. The molecule has 0 aliphatic rings. The van der Waals surface area contributed by atoms with Crippen LogP contribution in [0.1, 0.15) is 11.1 Å². The highest BCUT2D eigenvalue weighted by molar-refractivity contribution is 6.30. The molecule has 0 radical (unpaired) electrons. The van der Waals surface area contributed by atoms with E-state index in [-0.39, 0.29) is 12.3 Å². The average Bonchev–Trinajstić information content (AvgIpc) is 3.28. The summed E-state index contributed by atoms with van der Waals surface area (Å²) in [7, 11) is 4.97. The number of nitrogens with zero attached hydrogens (tertiary/aromatic N) is 3. The quantitative estimate of drug-likeness (QED) is 0.342. The van der Waals surface area contributed by atoms with E-state index in [9.17, 15) is 4.79 Å². The number of hydrogen-bond donors (Lipinski definition) is 0. The maximum Gasteiger partial charge on any atom is 0.227 e. The van der Waals surface area contributed by atoms with Crippen molar-refractivity contribution < 1.29 is 14.3 Å². The van der Waals surface area contributed by atoms with Gasteiger partial charge < -0.3 is 14.4 Å². The summed E-state index contributed by atoms with van der Waals surface area (Å²) >= 11 is 6.09. The molecule has 7 heteroatoms. The van der Waals surface area contributed by atoms with Crippen LogP contribution in [0.5, 0.6) is 11.5 Å². The van der Waals surface area contributed by atoms with Crippen LogP contribution >= 0.6 is 11.6 Å². The number of carbonyl (C=O) groups excluding carboxylic acids is 1. The number of benzene rings is 3. The summed E-state index contributed by atoms with van der Waals surface area (Å²) in [6.07, 6.45) is 2.22. The molecule has 0 N–H and O–H groups in total. The van der Waals surface area contributed by atoms with Gasteiger partial charge in [-0.1, -0.05) is 48.0 Å². The molecule has 34 heavy (non-hydrogen) atoms. The van der Waals surface area contributed by atoms with Crippen LogP contribution in [0.25, 0.3) is 16.9 Å². The second-order valence-corrected chi connectivity index (χ2v) is 8.34. The first-order valence-corrected chi connectivity index (χ1v) is 11.2. The Bertz CT molecular complexity index is 1270. The van der Waals surface area contributed by atoms with E-state index in [4.69, 9.17) is 26.2 Å². The molecule has 1 aromatic heterocycles. The van der Waals surface area contributed by atoms with Gasteiger partial charge in [-0.3, -0.25) is 4.79 Å². The Hall–Kier alpha value is -3.77. The van der Waals surface area contributed by atoms with E-state index in [0.29, 0.717) is 23.1 Å². The van der Waals surface area contributed by atoms with Crippen LogP contribution in [0.15, 0.2) is 79.0 Å². The number of ether oxygens (including phenoxy) is 2. The van der Waals surface area contributed by atoms with Crippen molar-refractivity contribution in [1.29, 1.82) is 0 Å². The van der Waals surface area contributed by atoms with Crippen LogP contribution in [0.4, 0.5) is 0 Å². The van der Waals surface area contributed by atoms with Crippen LogP contribution in [-0.4, -0.2) is 41.9 Å². The van der Waals surface area contributed by atoms with E-state index in [1.54, 1.807) is 26.2 Å². The smallest absolute Gasteiger partial charge is 0.227 e. The summed E-state index contributed by atoms with van der Waals surface area (Å²) in [5, 5.41) is 5.49. The summed E-state index contributed by atoms with van der Waals surface area (Å²) < 4.78 is 12.5. The van der Waals surface area contributed by atoms with Crippen LogP contribution in [0.3, 0.4) is 0 Å². The molecule has 0 unspecified atom stereocenters. The normalized spacial score (nSPS) is 10.7. The number of rotatable bonds is 8. The van der Waals surface area contributed by atoms with Gasteiger partial charge in [0.05, 0.1) is 32.0 Å². The second-order valence-electron chi connectivity index (χ2n) is 7.91. The van der Waals surface area contributed by atoms with E-state index in [1.807, 2.05) is 83.7 Å². The van der Waals surface area contributed by atoms with E-state index in [2.05, 4.69) is 0 Å². The standard InChI is InChI=1S/C27H26ClN3O3/c1-30(26(32)16-19-9-14-24(33-2)25(15-19)34-3)17-21-18-31(23-7-5-4-6-8-23)29-27(21)20-10-12-22(28)13-11-20/h4-15,18H,16-17H2,1-3H3. The van der Waals surface area contributed by atoms with Crippen molar-refractivity contribution in [2.24, 2.45) is 0 Å². The molecule has 0 saturated carbocycles. The second kappa shape index (κ2) is 10.4. The number of amides is 1. The molecular formula is C27H26ClN3O3. The van der Waals surface area contributed by atoms with Crippen LogP contribution in [0, 0.1) is 0 Å². The molecule has 0 fully saturated rings. The fraction of sp³-hybridized carbons (Fsp3) is 0.185. The number of carbonyl (C=O) groups is 1. The van der Waals surface area contributed by atoms with Crippen molar-refractivity contribution in [2.75, 3.05) is 21.3 Å². The highest BCUT2D eigenvalue weighted by Gasteiger charge is 2.18. The highest BCUT2D eigenvalue weighted by atomic mass is 35.5. The predicted molar refractivity (Wildman–Crippen MR) is 134 cm³/mol. The molecule has 4 rings (SSSR count). The number of aromatic nitrogens is 2. The van der Waals surface area contributed by atoms with Crippen LogP contribution in [-0.2, 0) is 17.8 Å². The molecule has 0 bridgehead atoms. The molecule has 174 valence electrons. The molecule has 1 amide bonds. The molecule has 0 atom stereocenters. The molecule has 1 heterocycles. The predicted octanol–water partition coefficient (Wildman–Crippen LogP) is 5.41. The van der Waals surface area contributed by atoms with Gasteiger partial charge in [-0.05, 0) is 42.0 Å². The third kappa shape index (κ3) is 5.24. The van der Waals surface area contributed by atoms with Crippen molar-refractivity contribution in [3.63, 3.8) is 0 Å². The number of methoxy groups -OCH3 is 2. The van der Waals surface area contributed by atoms with Gasteiger partial charge in [0, 0.05) is 35.9 Å². The molecule has 0 spiro atoms. The van der Waals surface area contributed by atoms with Crippen molar-refractivity contribution >= 4 is 17.5 Å². The highest BCUT2D eigenvalue weighted by Crippen LogP contribution is 2.29. The Labute approximate surface area is 204 Å². The minimum absolute atomic E-state index is 0.0123. The first-order valence-electron chi connectivity index (χ1n) is 10.8. The summed E-state index contributed by atoms with van der Waals surface area (Å²) in [5.74, 6) is 1.22. The van der Waals surface area contributed by atoms with Crippen molar-refractivity contribution in [3.8, 4) is 28.4 Å². The lowest BCUT2D eigenvalue weighted by molar-refractivity contribution is -0.129. The lowest BCUT2D eigenvalue weighted by Crippen LogP contribution is -2.27. The zero-order chi connectivity index (χ0) is 24.1. The Morgan fingerprint density at radius 2 is 1.68 bits per heavy atom. The van der Waals surface area contributed by atoms with Crippen molar-refractivity contribution in [3.05, 3.63) is 95.1 Å². The van der Waals surface area contributed by atoms with E-state index >= 15 is 0 Å². The van der Waals surface area contributed by atoms with Gasteiger partial charge in [-0.2, -0.15) is 5.10 Å².